The van der Waals surface area contributed by atoms with Crippen LogP contribution in [0, 0.1) is 5.41 Å². The molecule has 0 aliphatic carbocycles. The molecule has 172 valence electrons. The number of allylic oxidation sites excluding steroid dienone is 1. The molecule has 2 heterocycles. The first-order valence-electron chi connectivity index (χ1n) is 10.7. The van der Waals surface area contributed by atoms with Crippen molar-refractivity contribution in [1.82, 2.24) is 20.4 Å². The number of halogens is 2. The Balaban J connectivity index is 1.74. The SMILES string of the molecule is CCc1cnc(CN2NC(/C(=C(\C=N)c3ccc(Cl)cc3)c3ccc(Cl)cc3)=NCC2=O)cn1. The zero-order valence-corrected chi connectivity index (χ0v) is 19.9. The first-order valence-corrected chi connectivity index (χ1v) is 11.4. The number of rotatable bonds is 7. The molecule has 0 bridgehead atoms. The van der Waals surface area contributed by atoms with Crippen molar-refractivity contribution in [2.75, 3.05) is 6.54 Å². The monoisotopic (exact) mass is 492 g/mol. The zero-order valence-electron chi connectivity index (χ0n) is 18.4. The van der Waals surface area contributed by atoms with Gasteiger partial charge >= 0.3 is 0 Å². The van der Waals surface area contributed by atoms with Gasteiger partial charge in [0.1, 0.15) is 12.4 Å². The van der Waals surface area contributed by atoms with E-state index in [-0.39, 0.29) is 19.0 Å². The van der Waals surface area contributed by atoms with Gasteiger partial charge in [-0.2, -0.15) is 0 Å². The van der Waals surface area contributed by atoms with E-state index < -0.39 is 0 Å². The number of hydrogen-bond donors (Lipinski definition) is 2. The quantitative estimate of drug-likeness (QED) is 0.364. The molecular formula is C25H22Cl2N6O. The highest BCUT2D eigenvalue weighted by Crippen LogP contribution is 2.29. The summed E-state index contributed by atoms with van der Waals surface area (Å²) in [6.45, 7) is 2.20. The highest BCUT2D eigenvalue weighted by molar-refractivity contribution is 6.38. The van der Waals surface area contributed by atoms with Gasteiger partial charge in [0.15, 0.2) is 0 Å². The third kappa shape index (κ3) is 5.32. The lowest BCUT2D eigenvalue weighted by molar-refractivity contribution is -0.132. The van der Waals surface area contributed by atoms with E-state index in [1.165, 1.54) is 11.2 Å². The smallest absolute Gasteiger partial charge is 0.263 e. The van der Waals surface area contributed by atoms with Crippen LogP contribution in [-0.4, -0.2) is 39.5 Å². The minimum atomic E-state index is -0.191. The van der Waals surface area contributed by atoms with Crippen LogP contribution in [0.4, 0.5) is 0 Å². The molecule has 0 fully saturated rings. The molecule has 9 heteroatoms. The van der Waals surface area contributed by atoms with Crippen molar-refractivity contribution >= 4 is 52.3 Å². The molecule has 0 spiro atoms. The van der Waals surface area contributed by atoms with Gasteiger partial charge in [-0.1, -0.05) is 54.4 Å². The number of benzene rings is 2. The van der Waals surface area contributed by atoms with E-state index in [2.05, 4.69) is 20.4 Å². The van der Waals surface area contributed by atoms with Crippen LogP contribution in [0.1, 0.15) is 29.4 Å². The van der Waals surface area contributed by atoms with E-state index in [4.69, 9.17) is 28.6 Å². The molecule has 1 aliphatic rings. The van der Waals surface area contributed by atoms with Gasteiger partial charge in [-0.3, -0.25) is 25.2 Å². The Morgan fingerprint density at radius 2 is 1.59 bits per heavy atom. The number of aryl methyl sites for hydroxylation is 1. The second-order valence-electron chi connectivity index (χ2n) is 7.56. The molecule has 2 aromatic carbocycles. The normalized spacial score (nSPS) is 14.3. The van der Waals surface area contributed by atoms with Gasteiger partial charge in [0.2, 0.25) is 0 Å². The molecule has 3 aromatic rings. The highest BCUT2D eigenvalue weighted by atomic mass is 35.5. The van der Waals surface area contributed by atoms with E-state index in [1.807, 2.05) is 31.2 Å². The van der Waals surface area contributed by atoms with Crippen molar-refractivity contribution < 1.29 is 4.79 Å². The number of aromatic nitrogens is 2. The van der Waals surface area contributed by atoms with Gasteiger partial charge in [0, 0.05) is 33.6 Å². The Labute approximate surface area is 207 Å². The van der Waals surface area contributed by atoms with Crippen LogP contribution in [0.15, 0.2) is 65.9 Å². The Morgan fingerprint density at radius 1 is 1.00 bits per heavy atom. The van der Waals surface area contributed by atoms with Crippen molar-refractivity contribution in [3.63, 3.8) is 0 Å². The van der Waals surface area contributed by atoms with Crippen molar-refractivity contribution in [2.24, 2.45) is 4.99 Å². The molecule has 7 nitrogen and oxygen atoms in total. The third-order valence-electron chi connectivity index (χ3n) is 5.29. The van der Waals surface area contributed by atoms with E-state index >= 15 is 0 Å². The molecule has 0 unspecified atom stereocenters. The fourth-order valence-corrected chi connectivity index (χ4v) is 3.75. The third-order valence-corrected chi connectivity index (χ3v) is 5.80. The Bertz CT molecular complexity index is 1250. The van der Waals surface area contributed by atoms with Gasteiger partial charge in [0.05, 0.1) is 24.1 Å². The lowest BCUT2D eigenvalue weighted by Crippen LogP contribution is -2.50. The number of amidine groups is 1. The minimum absolute atomic E-state index is 0.0359. The molecule has 0 radical (unpaired) electrons. The largest absolute Gasteiger partial charge is 0.308 e. The standard InChI is InChI=1S/C25H22Cl2N6O/c1-2-20-12-30-21(13-29-20)15-33-23(34)14-31-25(32-33)24(17-5-9-19(27)10-6-17)22(11-28)16-3-7-18(26)8-4-16/h3-13,28H,2,14-15H2,1H3,(H,31,32)/b24-22+,28-11?. The zero-order chi connectivity index (χ0) is 24.1. The maximum absolute atomic E-state index is 12.6. The van der Waals surface area contributed by atoms with E-state index in [0.29, 0.717) is 32.7 Å². The molecule has 34 heavy (non-hydrogen) atoms. The summed E-state index contributed by atoms with van der Waals surface area (Å²) < 4.78 is 0. The number of aliphatic imine (C=N–C) groups is 1. The fraction of sp³-hybridized carbons (Fsp3) is 0.160. The molecular weight excluding hydrogens is 471 g/mol. The number of carbonyl (C=O) groups is 1. The summed E-state index contributed by atoms with van der Waals surface area (Å²) in [5, 5.41) is 10.8. The average Bonchev–Trinajstić information content (AvgIpc) is 2.86. The summed E-state index contributed by atoms with van der Waals surface area (Å²) >= 11 is 12.2. The molecule has 0 saturated carbocycles. The van der Waals surface area contributed by atoms with Crippen LogP contribution in [0.5, 0.6) is 0 Å². The van der Waals surface area contributed by atoms with Crippen LogP contribution < -0.4 is 5.43 Å². The predicted molar refractivity (Wildman–Crippen MR) is 136 cm³/mol. The van der Waals surface area contributed by atoms with Gasteiger partial charge < -0.3 is 5.41 Å². The average molecular weight is 493 g/mol. The van der Waals surface area contributed by atoms with E-state index in [1.54, 1.807) is 36.7 Å². The molecule has 1 amide bonds. The number of hydrogen-bond acceptors (Lipinski definition) is 6. The molecule has 4 rings (SSSR count). The molecule has 1 aromatic heterocycles. The van der Waals surface area contributed by atoms with E-state index in [9.17, 15) is 4.79 Å². The summed E-state index contributed by atoms with van der Waals surface area (Å²) in [5.41, 5.74) is 7.54. The Hall–Kier alpha value is -3.55. The number of amides is 1. The van der Waals surface area contributed by atoms with Gasteiger partial charge in [-0.25, -0.2) is 5.01 Å². The van der Waals surface area contributed by atoms with Crippen molar-refractivity contribution in [1.29, 1.82) is 5.41 Å². The van der Waals surface area contributed by atoms with Gasteiger partial charge in [-0.15, -0.1) is 0 Å². The molecule has 0 atom stereocenters. The summed E-state index contributed by atoms with van der Waals surface area (Å²) in [5.74, 6) is 0.275. The number of nitrogens with one attached hydrogen (secondary N) is 2. The fourth-order valence-electron chi connectivity index (χ4n) is 3.49. The van der Waals surface area contributed by atoms with Gasteiger partial charge in [0.25, 0.3) is 5.91 Å². The second kappa shape index (κ2) is 10.6. The Kier molecular flexibility index (Phi) is 7.35. The maximum atomic E-state index is 12.6. The minimum Gasteiger partial charge on any atom is -0.308 e. The van der Waals surface area contributed by atoms with Crippen LogP contribution in [0.2, 0.25) is 10.0 Å². The highest BCUT2D eigenvalue weighted by Gasteiger charge is 2.25. The number of hydrazine groups is 1. The molecule has 0 saturated heterocycles. The van der Waals surface area contributed by atoms with Crippen LogP contribution >= 0.6 is 23.2 Å². The lowest BCUT2D eigenvalue weighted by atomic mass is 9.94. The van der Waals surface area contributed by atoms with E-state index in [0.717, 1.165) is 23.2 Å². The van der Waals surface area contributed by atoms with Crippen molar-refractivity contribution in [3.05, 3.63) is 93.5 Å². The van der Waals surface area contributed by atoms with Crippen LogP contribution in [0.3, 0.4) is 0 Å². The Morgan fingerprint density at radius 3 is 2.15 bits per heavy atom. The summed E-state index contributed by atoms with van der Waals surface area (Å²) in [6, 6.07) is 14.5. The van der Waals surface area contributed by atoms with Crippen LogP contribution in [-0.2, 0) is 17.8 Å². The predicted octanol–water partition coefficient (Wildman–Crippen LogP) is 4.85. The number of carbonyl (C=O) groups excluding carboxylic acids is 1. The number of nitrogens with zero attached hydrogens (tertiary/aromatic N) is 4. The summed E-state index contributed by atoms with van der Waals surface area (Å²) in [4.78, 5) is 25.9. The van der Waals surface area contributed by atoms with Gasteiger partial charge in [-0.05, 0) is 41.8 Å². The first kappa shape index (κ1) is 23.6. The summed E-state index contributed by atoms with van der Waals surface area (Å²) in [6.07, 6.45) is 5.45. The first-order chi connectivity index (χ1) is 16.5. The molecule has 2 N–H and O–H groups in total. The van der Waals surface area contributed by atoms with Crippen molar-refractivity contribution in [3.8, 4) is 0 Å². The van der Waals surface area contributed by atoms with Crippen LogP contribution in [0.25, 0.3) is 11.1 Å². The topological polar surface area (TPSA) is 94.3 Å². The second-order valence-corrected chi connectivity index (χ2v) is 8.43. The summed E-state index contributed by atoms with van der Waals surface area (Å²) in [7, 11) is 0. The lowest BCUT2D eigenvalue weighted by Gasteiger charge is -2.30. The molecule has 1 aliphatic heterocycles. The maximum Gasteiger partial charge on any atom is 0.263 e. The van der Waals surface area contributed by atoms with Crippen molar-refractivity contribution in [2.45, 2.75) is 19.9 Å².